The number of nitrogens with one attached hydrogen (secondary N) is 2. The van der Waals surface area contributed by atoms with Crippen LogP contribution in [0.1, 0.15) is 25.0 Å². The molecule has 0 saturated heterocycles. The molecule has 0 fully saturated rings. The van der Waals surface area contributed by atoms with Gasteiger partial charge in [-0.2, -0.15) is 10.5 Å². The van der Waals surface area contributed by atoms with Gasteiger partial charge in [-0.05, 0) is 31.2 Å². The third kappa shape index (κ3) is 4.90. The summed E-state index contributed by atoms with van der Waals surface area (Å²) in [4.78, 5) is 28.0. The predicted molar refractivity (Wildman–Crippen MR) is 119 cm³/mol. The Labute approximate surface area is 198 Å². The molecule has 13 heteroatoms. The summed E-state index contributed by atoms with van der Waals surface area (Å²) in [6.07, 6.45) is 0. The topological polar surface area (TPSA) is 198 Å². The van der Waals surface area contributed by atoms with Crippen molar-refractivity contribution in [2.45, 2.75) is 24.1 Å². The normalized spacial score (nSPS) is 11.2. The van der Waals surface area contributed by atoms with Crippen molar-refractivity contribution in [3.63, 3.8) is 0 Å². The zero-order valence-electron chi connectivity index (χ0n) is 18.2. The van der Waals surface area contributed by atoms with Gasteiger partial charge < -0.3 is 26.0 Å². The highest BCUT2D eigenvalue weighted by atomic mass is 32.2. The highest BCUT2D eigenvalue weighted by Gasteiger charge is 2.30. The Hall–Kier alpha value is -4.62. The smallest absolute Gasteiger partial charge is 0.266 e. The summed E-state index contributed by atoms with van der Waals surface area (Å²) in [5.41, 5.74) is 6.53. The number of nitrogens with two attached hydrogens (primary N) is 1. The molecule has 0 saturated carbocycles. The standard InChI is InChI=1S/C21H17N8O4S/c1-10(19(31)26-13-6-4-12(5-7-13)25-11(2)30)34-20-15(9-23)16(14(8-22)18(24)27-20)17-21(32)33-28-29(17)3/h4-7,10H,1-3H3,(H3,24,27,32)/q-1/p+1. The molecule has 2 heterocycles. The number of carbonyl (C=O) groups excluding carboxylic acids is 2. The fourth-order valence-corrected chi connectivity index (χ4v) is 3.92. The molecule has 0 aliphatic heterocycles. The van der Waals surface area contributed by atoms with E-state index in [1.54, 1.807) is 31.2 Å². The van der Waals surface area contributed by atoms with Crippen LogP contribution in [0.25, 0.3) is 11.3 Å². The third-order valence-corrected chi connectivity index (χ3v) is 5.63. The van der Waals surface area contributed by atoms with Crippen molar-refractivity contribution < 1.29 is 23.9 Å². The number of aryl methyl sites for hydroxylation is 1. The van der Waals surface area contributed by atoms with Crippen molar-refractivity contribution in [3.8, 4) is 29.3 Å². The van der Waals surface area contributed by atoms with E-state index in [2.05, 4.69) is 25.4 Å². The van der Waals surface area contributed by atoms with Crippen molar-refractivity contribution in [2.75, 3.05) is 16.4 Å². The Kier molecular flexibility index (Phi) is 6.99. The molecule has 0 radical (unpaired) electrons. The van der Waals surface area contributed by atoms with Crippen LogP contribution in [-0.4, -0.2) is 27.3 Å². The maximum atomic E-state index is 12.7. The minimum atomic E-state index is -0.856. The molecule has 1 aromatic carbocycles. The van der Waals surface area contributed by atoms with Crippen LogP contribution in [0.2, 0.25) is 0 Å². The Morgan fingerprint density at radius 2 is 1.76 bits per heavy atom. The van der Waals surface area contributed by atoms with Crippen molar-refractivity contribution >= 4 is 40.8 Å². The van der Waals surface area contributed by atoms with Crippen molar-refractivity contribution in [1.82, 2.24) is 10.3 Å². The monoisotopic (exact) mass is 478 g/mol. The summed E-state index contributed by atoms with van der Waals surface area (Å²) in [6, 6.07) is 10.3. The summed E-state index contributed by atoms with van der Waals surface area (Å²) in [6.45, 7) is 2.99. The molecule has 172 valence electrons. The van der Waals surface area contributed by atoms with E-state index in [0.29, 0.717) is 11.4 Å². The number of thioether (sulfide) groups is 1. The minimum Gasteiger partial charge on any atom is -0.539 e. The summed E-state index contributed by atoms with van der Waals surface area (Å²) < 4.78 is 5.72. The van der Waals surface area contributed by atoms with Crippen molar-refractivity contribution in [2.24, 2.45) is 7.05 Å². The van der Waals surface area contributed by atoms with Crippen LogP contribution in [0.15, 0.2) is 33.8 Å². The predicted octanol–water partition coefficient (Wildman–Crippen LogP) is 1.04. The van der Waals surface area contributed by atoms with Gasteiger partial charge >= 0.3 is 0 Å². The van der Waals surface area contributed by atoms with Gasteiger partial charge in [0.2, 0.25) is 11.8 Å². The van der Waals surface area contributed by atoms with Gasteiger partial charge in [0.15, 0.2) is 13.0 Å². The third-order valence-electron chi connectivity index (χ3n) is 4.55. The lowest BCUT2D eigenvalue weighted by molar-refractivity contribution is -0.730. The number of hydrogen-bond donors (Lipinski definition) is 3. The van der Waals surface area contributed by atoms with E-state index in [9.17, 15) is 25.2 Å². The van der Waals surface area contributed by atoms with Crippen LogP contribution < -0.4 is 26.2 Å². The molecule has 3 rings (SSSR count). The fourth-order valence-electron chi connectivity index (χ4n) is 3.00. The van der Waals surface area contributed by atoms with E-state index in [1.807, 2.05) is 12.1 Å². The first-order valence-corrected chi connectivity index (χ1v) is 10.6. The van der Waals surface area contributed by atoms with Gasteiger partial charge in [0.05, 0.1) is 21.6 Å². The van der Waals surface area contributed by atoms with Gasteiger partial charge in [0, 0.05) is 18.3 Å². The molecule has 0 aliphatic rings. The number of benzene rings is 1. The fraction of sp³-hybridized carbons (Fsp3) is 0.190. The van der Waals surface area contributed by atoms with Gasteiger partial charge in [0.25, 0.3) is 5.69 Å². The van der Waals surface area contributed by atoms with E-state index in [-0.39, 0.29) is 39.1 Å². The first-order valence-electron chi connectivity index (χ1n) is 9.68. The summed E-state index contributed by atoms with van der Waals surface area (Å²) in [7, 11) is 1.42. The summed E-state index contributed by atoms with van der Waals surface area (Å²) in [5.74, 6) is -1.67. The van der Waals surface area contributed by atoms with Gasteiger partial charge in [-0.25, -0.2) is 4.98 Å². The molecule has 2 aromatic heterocycles. The van der Waals surface area contributed by atoms with Crippen molar-refractivity contribution in [1.29, 1.82) is 10.5 Å². The first-order chi connectivity index (χ1) is 16.2. The average Bonchev–Trinajstić information content (AvgIpc) is 3.11. The van der Waals surface area contributed by atoms with Crippen molar-refractivity contribution in [3.05, 3.63) is 35.4 Å². The highest BCUT2D eigenvalue weighted by molar-refractivity contribution is 8.00. The van der Waals surface area contributed by atoms with Crippen LogP contribution in [-0.2, 0) is 16.6 Å². The number of nitriles is 2. The summed E-state index contributed by atoms with van der Waals surface area (Å²) in [5, 5.41) is 39.8. The highest BCUT2D eigenvalue weighted by Crippen LogP contribution is 2.38. The van der Waals surface area contributed by atoms with Crippen LogP contribution in [0.4, 0.5) is 17.2 Å². The number of amides is 2. The molecule has 34 heavy (non-hydrogen) atoms. The zero-order valence-corrected chi connectivity index (χ0v) is 19.1. The van der Waals surface area contributed by atoms with Crippen LogP contribution in [0.5, 0.6) is 5.95 Å². The van der Waals surface area contributed by atoms with E-state index in [1.165, 1.54) is 14.0 Å². The van der Waals surface area contributed by atoms with Crippen LogP contribution in [0, 0.1) is 22.7 Å². The minimum absolute atomic E-state index is 0.0603. The second-order valence-corrected chi connectivity index (χ2v) is 8.32. The molecule has 1 unspecified atom stereocenters. The van der Waals surface area contributed by atoms with Gasteiger partial charge in [0.1, 0.15) is 28.5 Å². The van der Waals surface area contributed by atoms with Crippen LogP contribution in [0.3, 0.4) is 0 Å². The number of anilines is 3. The number of nitrogens with zero attached hydrogens (tertiary/aromatic N) is 5. The molecule has 12 nitrogen and oxygen atoms in total. The lowest BCUT2D eigenvalue weighted by Gasteiger charge is -2.15. The molecule has 1 atom stereocenters. The van der Waals surface area contributed by atoms with E-state index < -0.39 is 17.1 Å². The lowest BCUT2D eigenvalue weighted by Crippen LogP contribution is -2.32. The molecular weight excluding hydrogens is 460 g/mol. The second-order valence-electron chi connectivity index (χ2n) is 6.99. The quantitative estimate of drug-likeness (QED) is 0.340. The maximum Gasteiger partial charge on any atom is 0.266 e. The zero-order chi connectivity index (χ0) is 25.0. The molecule has 4 N–H and O–H groups in total. The Morgan fingerprint density at radius 1 is 1.18 bits per heavy atom. The van der Waals surface area contributed by atoms with Gasteiger partial charge in [-0.1, -0.05) is 16.4 Å². The number of pyridine rings is 1. The Morgan fingerprint density at radius 3 is 2.26 bits per heavy atom. The second kappa shape index (κ2) is 9.89. The Bertz CT molecular complexity index is 1340. The van der Waals surface area contributed by atoms with Gasteiger partial charge in [-0.15, -0.1) is 0 Å². The van der Waals surface area contributed by atoms with Crippen LogP contribution >= 0.6 is 11.8 Å². The largest absolute Gasteiger partial charge is 0.539 e. The molecule has 2 amide bonds. The number of aromatic nitrogens is 3. The van der Waals surface area contributed by atoms with E-state index in [0.717, 1.165) is 16.4 Å². The first kappa shape index (κ1) is 24.0. The van der Waals surface area contributed by atoms with E-state index >= 15 is 0 Å². The number of hydrogen-bond acceptors (Lipinski definition) is 10. The van der Waals surface area contributed by atoms with E-state index in [4.69, 9.17) is 5.73 Å². The molecular formula is C21H18N8O4S. The van der Waals surface area contributed by atoms with Gasteiger partial charge in [-0.3, -0.25) is 9.59 Å². The molecule has 0 spiro atoms. The lowest BCUT2D eigenvalue weighted by atomic mass is 10.0. The summed E-state index contributed by atoms with van der Waals surface area (Å²) >= 11 is 0.936. The Balaban J connectivity index is 1.90. The maximum absolute atomic E-state index is 12.7. The molecule has 0 aliphatic carbocycles. The SMILES string of the molecule is CC(=O)Nc1ccc(NC(=O)C(C)Sc2nc(N)c(C#N)c(-c3c([O-])on[n+]3C)c2C#N)cc1. The number of nitrogen functional groups attached to an aromatic ring is 1. The average molecular weight is 478 g/mol. The number of carbonyl (C=O) groups is 2. The number of rotatable bonds is 6. The molecule has 3 aromatic rings. The molecule has 0 bridgehead atoms.